The summed E-state index contributed by atoms with van der Waals surface area (Å²) in [4.78, 5) is 40.6. The lowest BCUT2D eigenvalue weighted by Crippen LogP contribution is -2.55. The van der Waals surface area contributed by atoms with Crippen LogP contribution in [0.25, 0.3) is 0 Å². The van der Waals surface area contributed by atoms with Crippen LogP contribution in [0.2, 0.25) is 0 Å². The van der Waals surface area contributed by atoms with Crippen LogP contribution in [0.1, 0.15) is 23.1 Å². The number of rotatable bonds is 9. The Balaban J connectivity index is 1.50. The van der Waals surface area contributed by atoms with Crippen LogP contribution in [0.15, 0.2) is 89.8 Å². The first-order valence-electron chi connectivity index (χ1n) is 12.5. The number of esters is 1. The van der Waals surface area contributed by atoms with E-state index >= 15 is 0 Å². The normalized spacial score (nSPS) is 15.5. The number of methoxy groups -OCH3 is 1. The van der Waals surface area contributed by atoms with E-state index in [0.717, 1.165) is 23.8 Å². The molecule has 0 spiro atoms. The summed E-state index contributed by atoms with van der Waals surface area (Å²) in [5, 5.41) is 2.62. The molecule has 1 aliphatic heterocycles. The number of sulfone groups is 1. The van der Waals surface area contributed by atoms with E-state index in [9.17, 15) is 22.8 Å². The zero-order valence-corrected chi connectivity index (χ0v) is 22.3. The zero-order chi connectivity index (χ0) is 27.8. The largest absolute Gasteiger partial charge is 0.467 e. The molecule has 0 fully saturated rings. The Morgan fingerprint density at radius 3 is 2.21 bits per heavy atom. The fourth-order valence-electron chi connectivity index (χ4n) is 4.43. The minimum atomic E-state index is -3.70. The molecule has 9 nitrogen and oxygen atoms in total. The fraction of sp³-hybridized carbons (Fsp3) is 0.276. The van der Waals surface area contributed by atoms with Gasteiger partial charge in [0.2, 0.25) is 5.91 Å². The average molecular weight is 551 g/mol. The quantitative estimate of drug-likeness (QED) is 0.406. The summed E-state index contributed by atoms with van der Waals surface area (Å²) in [6.45, 7) is 0.182. The highest BCUT2D eigenvalue weighted by Crippen LogP contribution is 2.25. The predicted molar refractivity (Wildman–Crippen MR) is 143 cm³/mol. The van der Waals surface area contributed by atoms with E-state index in [1.165, 1.54) is 17.0 Å². The van der Waals surface area contributed by atoms with Gasteiger partial charge in [-0.25, -0.2) is 18.0 Å². The van der Waals surface area contributed by atoms with Crippen LogP contribution in [0.4, 0.5) is 4.79 Å². The molecule has 1 aliphatic rings. The van der Waals surface area contributed by atoms with Crippen molar-refractivity contribution in [3.63, 3.8) is 0 Å². The fourth-order valence-corrected chi connectivity index (χ4v) is 5.78. The Hall–Kier alpha value is -4.18. The molecular formula is C29H30N2O7S. The third-order valence-electron chi connectivity index (χ3n) is 6.57. The molecule has 3 aromatic carbocycles. The average Bonchev–Trinajstić information content (AvgIpc) is 2.97. The molecule has 3 aromatic rings. The molecule has 0 aliphatic carbocycles. The van der Waals surface area contributed by atoms with Crippen molar-refractivity contribution in [2.24, 2.45) is 0 Å². The van der Waals surface area contributed by atoms with Gasteiger partial charge in [0.25, 0.3) is 0 Å². The van der Waals surface area contributed by atoms with Gasteiger partial charge in [0, 0.05) is 6.42 Å². The number of hydrogen-bond donors (Lipinski definition) is 1. The standard InChI is InChI=1S/C29H30N2O7S/c1-37-28(33)25(16-17-39(35,36)24-14-6-3-7-15-24)30-27(32)26-18-22-12-8-9-13-23(22)19-31(26)29(34)38-20-21-10-4-2-5-11-21/h2-15,25-26H,16-20H2,1H3,(H,30,32)/t25-,26+/m1/s1. The third kappa shape index (κ3) is 7.02. The number of carbonyl (C=O) groups is 3. The minimum absolute atomic E-state index is 0.0360. The number of amides is 2. The molecule has 1 N–H and O–H groups in total. The van der Waals surface area contributed by atoms with Gasteiger partial charge >= 0.3 is 12.1 Å². The van der Waals surface area contributed by atoms with Gasteiger partial charge in [-0.1, -0.05) is 72.8 Å². The molecule has 1 heterocycles. The molecule has 0 bridgehead atoms. The number of fused-ring (bicyclic) bond motifs is 1. The minimum Gasteiger partial charge on any atom is -0.467 e. The van der Waals surface area contributed by atoms with Crippen LogP contribution < -0.4 is 5.32 Å². The SMILES string of the molecule is COC(=O)[C@@H](CCS(=O)(=O)c1ccccc1)NC(=O)[C@@H]1Cc2ccccc2CN1C(=O)OCc1ccccc1. The molecule has 0 aromatic heterocycles. The van der Waals surface area contributed by atoms with Crippen LogP contribution in [0.5, 0.6) is 0 Å². The van der Waals surface area contributed by atoms with Gasteiger partial charge < -0.3 is 14.8 Å². The second-order valence-corrected chi connectivity index (χ2v) is 11.3. The topological polar surface area (TPSA) is 119 Å². The summed E-state index contributed by atoms with van der Waals surface area (Å²) in [5.41, 5.74) is 2.58. The van der Waals surface area contributed by atoms with E-state index in [4.69, 9.17) is 9.47 Å². The molecule has 0 unspecified atom stereocenters. The monoisotopic (exact) mass is 550 g/mol. The van der Waals surface area contributed by atoms with Crippen molar-refractivity contribution in [3.8, 4) is 0 Å². The molecule has 0 saturated carbocycles. The first kappa shape index (κ1) is 27.8. The number of ether oxygens (including phenoxy) is 2. The molecule has 0 saturated heterocycles. The number of nitrogens with one attached hydrogen (secondary N) is 1. The molecule has 204 valence electrons. The molecule has 0 radical (unpaired) electrons. The maximum atomic E-state index is 13.5. The van der Waals surface area contributed by atoms with Gasteiger partial charge in [-0.3, -0.25) is 9.69 Å². The van der Waals surface area contributed by atoms with Crippen molar-refractivity contribution in [2.45, 2.75) is 43.0 Å². The van der Waals surface area contributed by atoms with E-state index in [1.807, 2.05) is 54.6 Å². The lowest BCUT2D eigenvalue weighted by atomic mass is 9.93. The second-order valence-electron chi connectivity index (χ2n) is 9.16. The van der Waals surface area contributed by atoms with Crippen molar-refractivity contribution in [3.05, 3.63) is 102 Å². The van der Waals surface area contributed by atoms with E-state index in [1.54, 1.807) is 18.2 Å². The van der Waals surface area contributed by atoms with E-state index < -0.39 is 39.9 Å². The van der Waals surface area contributed by atoms with Gasteiger partial charge in [0.15, 0.2) is 9.84 Å². The Kier molecular flexibility index (Phi) is 8.98. The summed E-state index contributed by atoms with van der Waals surface area (Å²) >= 11 is 0. The van der Waals surface area contributed by atoms with E-state index in [-0.39, 0.29) is 36.6 Å². The Labute approximate surface area is 227 Å². The first-order chi connectivity index (χ1) is 18.8. The first-order valence-corrected chi connectivity index (χ1v) is 14.1. The summed E-state index contributed by atoms with van der Waals surface area (Å²) in [6.07, 6.45) is -0.662. The maximum Gasteiger partial charge on any atom is 0.411 e. The number of benzene rings is 3. The summed E-state index contributed by atoms with van der Waals surface area (Å²) in [6, 6.07) is 22.3. The molecule has 39 heavy (non-hydrogen) atoms. The van der Waals surface area contributed by atoms with E-state index in [2.05, 4.69) is 5.32 Å². The number of hydrogen-bond acceptors (Lipinski definition) is 7. The van der Waals surface area contributed by atoms with Crippen LogP contribution >= 0.6 is 0 Å². The van der Waals surface area contributed by atoms with Crippen LogP contribution in [0, 0.1) is 0 Å². The van der Waals surface area contributed by atoms with Crippen molar-refractivity contribution in [2.75, 3.05) is 12.9 Å². The molecular weight excluding hydrogens is 520 g/mol. The van der Waals surface area contributed by atoms with Gasteiger partial charge in [-0.15, -0.1) is 0 Å². The van der Waals surface area contributed by atoms with Gasteiger partial charge in [0.1, 0.15) is 18.7 Å². The number of nitrogens with zero attached hydrogens (tertiary/aromatic N) is 1. The Morgan fingerprint density at radius 2 is 1.54 bits per heavy atom. The van der Waals surface area contributed by atoms with Crippen LogP contribution in [-0.2, 0) is 48.5 Å². The maximum absolute atomic E-state index is 13.5. The smallest absolute Gasteiger partial charge is 0.411 e. The number of carbonyl (C=O) groups excluding carboxylic acids is 3. The molecule has 10 heteroatoms. The van der Waals surface area contributed by atoms with Gasteiger partial charge in [0.05, 0.1) is 24.3 Å². The van der Waals surface area contributed by atoms with Crippen LogP contribution in [0.3, 0.4) is 0 Å². The van der Waals surface area contributed by atoms with Crippen molar-refractivity contribution < 1.29 is 32.3 Å². The Morgan fingerprint density at radius 1 is 0.923 bits per heavy atom. The Bertz CT molecular complexity index is 1410. The summed E-state index contributed by atoms with van der Waals surface area (Å²) in [7, 11) is -2.54. The lowest BCUT2D eigenvalue weighted by Gasteiger charge is -2.35. The van der Waals surface area contributed by atoms with Crippen LogP contribution in [-0.4, -0.2) is 56.2 Å². The van der Waals surface area contributed by atoms with Gasteiger partial charge in [-0.05, 0) is 35.2 Å². The molecule has 2 atom stereocenters. The highest BCUT2D eigenvalue weighted by molar-refractivity contribution is 7.91. The highest BCUT2D eigenvalue weighted by atomic mass is 32.2. The van der Waals surface area contributed by atoms with Crippen molar-refractivity contribution in [1.82, 2.24) is 10.2 Å². The zero-order valence-electron chi connectivity index (χ0n) is 21.5. The van der Waals surface area contributed by atoms with E-state index in [0.29, 0.717) is 0 Å². The molecule has 2 amide bonds. The highest BCUT2D eigenvalue weighted by Gasteiger charge is 2.37. The summed E-state index contributed by atoms with van der Waals surface area (Å²) in [5.74, 6) is -1.76. The predicted octanol–water partition coefficient (Wildman–Crippen LogP) is 3.27. The second kappa shape index (κ2) is 12.6. The third-order valence-corrected chi connectivity index (χ3v) is 8.33. The van der Waals surface area contributed by atoms with Crippen molar-refractivity contribution >= 4 is 27.8 Å². The van der Waals surface area contributed by atoms with Crippen molar-refractivity contribution in [1.29, 1.82) is 0 Å². The lowest BCUT2D eigenvalue weighted by molar-refractivity contribution is -0.145. The summed E-state index contributed by atoms with van der Waals surface area (Å²) < 4.78 is 35.9. The van der Waals surface area contributed by atoms with Gasteiger partial charge in [-0.2, -0.15) is 0 Å². The molecule has 4 rings (SSSR count).